The molecule has 0 fully saturated rings. The number of amidine groups is 2. The van der Waals surface area contributed by atoms with Crippen LogP contribution in [0.1, 0.15) is 35.2 Å². The van der Waals surface area contributed by atoms with Crippen LogP contribution in [0.15, 0.2) is 66.7 Å². The topological polar surface area (TPSA) is 118 Å². The van der Waals surface area contributed by atoms with Gasteiger partial charge < -0.3 is 20.9 Å². The zero-order chi connectivity index (χ0) is 23.3. The van der Waals surface area contributed by atoms with Gasteiger partial charge in [-0.25, -0.2) is 0 Å². The van der Waals surface area contributed by atoms with E-state index >= 15 is 0 Å². The maximum absolute atomic E-state index is 13.3. The lowest BCUT2D eigenvalue weighted by molar-refractivity contribution is -0.137. The van der Waals surface area contributed by atoms with E-state index in [4.69, 9.17) is 31.8 Å². The van der Waals surface area contributed by atoms with Crippen LogP contribution in [-0.2, 0) is 19.4 Å². The van der Waals surface area contributed by atoms with E-state index in [-0.39, 0.29) is 43.8 Å². The molecule has 3 aromatic carbocycles. The van der Waals surface area contributed by atoms with Crippen molar-refractivity contribution in [3.8, 4) is 11.5 Å². The molecule has 174 valence electrons. The summed E-state index contributed by atoms with van der Waals surface area (Å²) in [7, 11) is 0. The summed E-state index contributed by atoms with van der Waals surface area (Å²) in [6.07, 6.45) is -4.57. The molecular weight excluding hydrogens is 433 g/mol. The Morgan fingerprint density at radius 3 is 1.36 bits per heavy atom. The summed E-state index contributed by atoms with van der Waals surface area (Å²) in [5.41, 5.74) is 12.4. The van der Waals surface area contributed by atoms with Crippen LogP contribution in [0.2, 0.25) is 0 Å². The molecule has 0 atom stereocenters. The van der Waals surface area contributed by atoms with Crippen molar-refractivity contribution in [1.82, 2.24) is 0 Å². The number of nitrogen functional groups attached to an aromatic ring is 2. The number of nitrogens with one attached hydrogen (secondary N) is 2. The molecule has 9 heteroatoms. The van der Waals surface area contributed by atoms with Gasteiger partial charge in [0.15, 0.2) is 0 Å². The molecule has 0 saturated carbocycles. The normalized spacial score (nSPS) is 10.8. The summed E-state index contributed by atoms with van der Waals surface area (Å²) in [6, 6.07) is 16.5. The Balaban J connectivity index is 0.00000385. The molecular formula is C24H25F3N4O2. The molecule has 0 heterocycles. The quantitative estimate of drug-likeness (QED) is 0.278. The molecule has 0 spiro atoms. The lowest BCUT2D eigenvalue weighted by Gasteiger charge is -2.14. The highest BCUT2D eigenvalue weighted by Crippen LogP contribution is 2.35. The first-order chi connectivity index (χ1) is 15.1. The molecule has 6 N–H and O–H groups in total. The number of halogens is 3. The van der Waals surface area contributed by atoms with Crippen LogP contribution >= 0.6 is 0 Å². The van der Waals surface area contributed by atoms with Gasteiger partial charge in [0.2, 0.25) is 0 Å². The average Bonchev–Trinajstić information content (AvgIpc) is 2.76. The molecule has 6 nitrogen and oxygen atoms in total. The predicted octanol–water partition coefficient (Wildman–Crippen LogP) is 5.07. The van der Waals surface area contributed by atoms with Gasteiger partial charge in [-0.2, -0.15) is 13.2 Å². The highest BCUT2D eigenvalue weighted by atomic mass is 19.4. The second-order valence-corrected chi connectivity index (χ2v) is 6.99. The van der Waals surface area contributed by atoms with Crippen LogP contribution in [0.5, 0.6) is 11.5 Å². The monoisotopic (exact) mass is 458 g/mol. The van der Waals surface area contributed by atoms with Gasteiger partial charge in [-0.05, 0) is 23.3 Å². The molecule has 0 aliphatic carbocycles. The van der Waals surface area contributed by atoms with E-state index in [1.54, 1.807) is 48.5 Å². The largest absolute Gasteiger partial charge is 0.489 e. The van der Waals surface area contributed by atoms with Crippen LogP contribution in [0.3, 0.4) is 0 Å². The van der Waals surface area contributed by atoms with Crippen LogP contribution in [-0.4, -0.2) is 11.7 Å². The second-order valence-electron chi connectivity index (χ2n) is 6.99. The first-order valence-corrected chi connectivity index (χ1v) is 9.46. The number of alkyl halides is 3. The minimum atomic E-state index is -4.57. The van der Waals surface area contributed by atoms with E-state index < -0.39 is 11.7 Å². The van der Waals surface area contributed by atoms with E-state index in [1.165, 1.54) is 6.07 Å². The summed E-state index contributed by atoms with van der Waals surface area (Å²) < 4.78 is 51.1. The van der Waals surface area contributed by atoms with E-state index in [0.717, 1.165) is 12.1 Å². The van der Waals surface area contributed by atoms with Crippen molar-refractivity contribution >= 4 is 11.7 Å². The van der Waals surface area contributed by atoms with Crippen molar-refractivity contribution in [1.29, 1.82) is 10.8 Å². The van der Waals surface area contributed by atoms with Gasteiger partial charge in [0, 0.05) is 17.2 Å². The van der Waals surface area contributed by atoms with Crippen molar-refractivity contribution in [2.75, 3.05) is 0 Å². The SMILES string of the molecule is C.N=C(N)c1ccc(COc2cc(OCc3ccc(C(=N)N)cc3)cc(C(F)(F)F)c2)cc1. The summed E-state index contributed by atoms with van der Waals surface area (Å²) in [5.74, 6) is -0.129. The molecule has 3 aromatic rings. The molecule has 0 aliphatic heterocycles. The fraction of sp³-hybridized carbons (Fsp3) is 0.167. The number of nitrogens with two attached hydrogens (primary N) is 2. The van der Waals surface area contributed by atoms with Crippen LogP contribution in [0.4, 0.5) is 13.2 Å². The molecule has 0 radical (unpaired) electrons. The highest BCUT2D eigenvalue weighted by Gasteiger charge is 2.31. The number of ether oxygens (including phenoxy) is 2. The van der Waals surface area contributed by atoms with Gasteiger partial charge in [0.1, 0.15) is 36.4 Å². The van der Waals surface area contributed by atoms with Crippen molar-refractivity contribution in [3.63, 3.8) is 0 Å². The Labute approximate surface area is 190 Å². The first-order valence-electron chi connectivity index (χ1n) is 9.46. The summed E-state index contributed by atoms with van der Waals surface area (Å²) >= 11 is 0. The van der Waals surface area contributed by atoms with Crippen molar-refractivity contribution in [2.24, 2.45) is 11.5 Å². The molecule has 0 bridgehead atoms. The lowest BCUT2D eigenvalue weighted by atomic mass is 10.1. The lowest BCUT2D eigenvalue weighted by Crippen LogP contribution is -2.11. The molecule has 0 amide bonds. The fourth-order valence-corrected chi connectivity index (χ4v) is 2.80. The third-order valence-electron chi connectivity index (χ3n) is 4.55. The third-order valence-corrected chi connectivity index (χ3v) is 4.55. The smallest absolute Gasteiger partial charge is 0.416 e. The van der Waals surface area contributed by atoms with Crippen molar-refractivity contribution < 1.29 is 22.6 Å². The van der Waals surface area contributed by atoms with Crippen LogP contribution < -0.4 is 20.9 Å². The van der Waals surface area contributed by atoms with Crippen molar-refractivity contribution in [2.45, 2.75) is 26.8 Å². The molecule has 3 rings (SSSR count). The predicted molar refractivity (Wildman–Crippen MR) is 122 cm³/mol. The summed E-state index contributed by atoms with van der Waals surface area (Å²) in [5, 5.41) is 14.8. The van der Waals surface area contributed by atoms with E-state index in [1.807, 2.05) is 0 Å². The number of hydrogen-bond donors (Lipinski definition) is 4. The third kappa shape index (κ3) is 6.99. The minimum Gasteiger partial charge on any atom is -0.489 e. The minimum absolute atomic E-state index is 0. The number of hydrogen-bond acceptors (Lipinski definition) is 4. The standard InChI is InChI=1S/C23H21F3N4O2.CH4/c24-23(25,26)18-9-19(31-12-14-1-5-16(6-2-14)21(27)28)11-20(10-18)32-13-15-3-7-17(8-4-15)22(29)30;/h1-11H,12-13H2,(H3,27,28)(H3,29,30);1H4. The first kappa shape index (κ1) is 25.3. The second kappa shape index (κ2) is 10.5. The van der Waals surface area contributed by atoms with Crippen molar-refractivity contribution in [3.05, 3.63) is 94.5 Å². The maximum Gasteiger partial charge on any atom is 0.416 e. The number of rotatable bonds is 8. The van der Waals surface area contributed by atoms with Crippen LogP contribution in [0.25, 0.3) is 0 Å². The van der Waals surface area contributed by atoms with Gasteiger partial charge in [0.25, 0.3) is 0 Å². The van der Waals surface area contributed by atoms with E-state index in [9.17, 15) is 13.2 Å². The zero-order valence-corrected chi connectivity index (χ0v) is 16.9. The Morgan fingerprint density at radius 1 is 0.697 bits per heavy atom. The summed E-state index contributed by atoms with van der Waals surface area (Å²) in [4.78, 5) is 0. The van der Waals surface area contributed by atoms with Gasteiger partial charge in [-0.15, -0.1) is 0 Å². The summed E-state index contributed by atoms with van der Waals surface area (Å²) in [6.45, 7) is 0.0664. The maximum atomic E-state index is 13.3. The van der Waals surface area contributed by atoms with Gasteiger partial charge >= 0.3 is 6.18 Å². The molecule has 0 aromatic heterocycles. The molecule has 0 saturated heterocycles. The average molecular weight is 458 g/mol. The fourth-order valence-electron chi connectivity index (χ4n) is 2.80. The van der Waals surface area contributed by atoms with Crippen LogP contribution in [0, 0.1) is 10.8 Å². The highest BCUT2D eigenvalue weighted by molar-refractivity contribution is 5.95. The van der Waals surface area contributed by atoms with E-state index in [2.05, 4.69) is 0 Å². The van der Waals surface area contributed by atoms with E-state index in [0.29, 0.717) is 22.3 Å². The van der Waals surface area contributed by atoms with Gasteiger partial charge in [-0.3, -0.25) is 10.8 Å². The zero-order valence-electron chi connectivity index (χ0n) is 16.9. The Kier molecular flexibility index (Phi) is 8.06. The Hall–Kier alpha value is -4.01. The van der Waals surface area contributed by atoms with Gasteiger partial charge in [0.05, 0.1) is 5.56 Å². The van der Waals surface area contributed by atoms with Gasteiger partial charge in [-0.1, -0.05) is 56.0 Å². The Bertz CT molecular complexity index is 1030. The Morgan fingerprint density at radius 2 is 1.06 bits per heavy atom. The molecule has 33 heavy (non-hydrogen) atoms. The molecule has 0 unspecified atom stereocenters. The molecule has 0 aliphatic rings. The number of benzene rings is 3.